The molecule has 0 aromatic heterocycles. The number of guanidine groups is 1. The molecule has 0 aliphatic rings. The summed E-state index contributed by atoms with van der Waals surface area (Å²) in [6.07, 6.45) is -3.53. The molecule has 154 valence electrons. The summed E-state index contributed by atoms with van der Waals surface area (Å²) in [6.45, 7) is 6.08. The lowest BCUT2D eigenvalue weighted by Crippen LogP contribution is -2.38. The van der Waals surface area contributed by atoms with Crippen LogP contribution in [0.4, 0.5) is 13.2 Å². The van der Waals surface area contributed by atoms with E-state index in [1.54, 1.807) is 7.05 Å². The maximum atomic E-state index is 12.1. The number of hydrogen-bond acceptors (Lipinski definition) is 3. The maximum absolute atomic E-state index is 12.1. The van der Waals surface area contributed by atoms with Gasteiger partial charge in [0.15, 0.2) is 17.5 Å². The van der Waals surface area contributed by atoms with Gasteiger partial charge in [0.2, 0.25) is 0 Å². The number of ether oxygens (including phenoxy) is 2. The van der Waals surface area contributed by atoms with E-state index in [2.05, 4.69) is 15.6 Å². The van der Waals surface area contributed by atoms with Gasteiger partial charge in [-0.1, -0.05) is 6.07 Å². The lowest BCUT2D eigenvalue weighted by molar-refractivity contribution is -0.135. The number of nitrogens with zero attached hydrogens (tertiary/aromatic N) is 1. The van der Waals surface area contributed by atoms with E-state index in [9.17, 15) is 13.2 Å². The third kappa shape index (κ3) is 9.96. The molecule has 0 saturated carbocycles. The number of benzene rings is 1. The first kappa shape index (κ1) is 22.9. The molecule has 0 aliphatic carbocycles. The normalized spacial score (nSPS) is 12.0. The lowest BCUT2D eigenvalue weighted by Gasteiger charge is -2.14. The van der Waals surface area contributed by atoms with Crippen LogP contribution in [0.15, 0.2) is 23.2 Å². The number of unbranched alkanes of at least 4 members (excludes halogenated alkanes) is 1. The fraction of sp³-hybridized carbons (Fsp3) is 0.632. The third-order valence-electron chi connectivity index (χ3n) is 3.72. The number of aliphatic imine (C=N–C) groups is 1. The number of hydrogen-bond donors (Lipinski definition) is 2. The van der Waals surface area contributed by atoms with Gasteiger partial charge in [-0.15, -0.1) is 0 Å². The van der Waals surface area contributed by atoms with E-state index >= 15 is 0 Å². The third-order valence-corrected chi connectivity index (χ3v) is 3.72. The Balaban J connectivity index is 2.38. The van der Waals surface area contributed by atoms with Gasteiger partial charge in [-0.3, -0.25) is 4.99 Å². The molecule has 1 aromatic rings. The average Bonchev–Trinajstić information content (AvgIpc) is 2.61. The van der Waals surface area contributed by atoms with Crippen molar-refractivity contribution < 1.29 is 22.6 Å². The molecule has 0 fully saturated rings. The van der Waals surface area contributed by atoms with E-state index in [0.717, 1.165) is 23.5 Å². The monoisotopic (exact) mass is 389 g/mol. The number of nitrogens with one attached hydrogen (secondary N) is 2. The number of alkyl halides is 3. The fourth-order valence-corrected chi connectivity index (χ4v) is 2.45. The predicted molar refractivity (Wildman–Crippen MR) is 102 cm³/mol. The molecule has 1 aromatic carbocycles. The van der Waals surface area contributed by atoms with E-state index in [-0.39, 0.29) is 6.42 Å². The molecule has 0 unspecified atom stereocenters. The van der Waals surface area contributed by atoms with Crippen molar-refractivity contribution in [2.24, 2.45) is 4.99 Å². The van der Waals surface area contributed by atoms with Crippen molar-refractivity contribution >= 4 is 5.96 Å². The Hall–Kier alpha value is -2.12. The van der Waals surface area contributed by atoms with Crippen molar-refractivity contribution in [1.82, 2.24) is 10.6 Å². The Kier molecular flexibility index (Phi) is 10.4. The van der Waals surface area contributed by atoms with E-state index in [1.807, 2.05) is 32.0 Å². The summed E-state index contributed by atoms with van der Waals surface area (Å²) in [6, 6.07) is 5.85. The highest BCUT2D eigenvalue weighted by atomic mass is 19.4. The van der Waals surface area contributed by atoms with Gasteiger partial charge in [-0.25, -0.2) is 0 Å². The van der Waals surface area contributed by atoms with E-state index in [0.29, 0.717) is 38.7 Å². The Bertz CT molecular complexity index is 578. The summed E-state index contributed by atoms with van der Waals surface area (Å²) in [5.41, 5.74) is 1.09. The second-order valence-electron chi connectivity index (χ2n) is 5.90. The first-order valence-corrected chi connectivity index (χ1v) is 9.29. The first-order chi connectivity index (χ1) is 12.9. The van der Waals surface area contributed by atoms with Crippen molar-refractivity contribution in [3.05, 3.63) is 23.8 Å². The molecule has 8 heteroatoms. The molecule has 1 rings (SSSR count). The average molecular weight is 389 g/mol. The van der Waals surface area contributed by atoms with Crippen LogP contribution in [0, 0.1) is 0 Å². The molecular formula is C19H30F3N3O2. The van der Waals surface area contributed by atoms with Crippen molar-refractivity contribution in [3.8, 4) is 11.5 Å². The second-order valence-corrected chi connectivity index (χ2v) is 5.90. The zero-order valence-corrected chi connectivity index (χ0v) is 16.3. The molecule has 27 heavy (non-hydrogen) atoms. The van der Waals surface area contributed by atoms with E-state index in [1.165, 1.54) is 0 Å². The molecule has 5 nitrogen and oxygen atoms in total. The van der Waals surface area contributed by atoms with Gasteiger partial charge in [0.25, 0.3) is 0 Å². The molecule has 0 amide bonds. The van der Waals surface area contributed by atoms with Gasteiger partial charge in [-0.05, 0) is 50.8 Å². The van der Waals surface area contributed by atoms with Crippen molar-refractivity contribution in [3.63, 3.8) is 0 Å². The van der Waals surface area contributed by atoms with Crippen LogP contribution in [0.3, 0.4) is 0 Å². The highest BCUT2D eigenvalue weighted by Gasteiger charge is 2.25. The van der Waals surface area contributed by atoms with E-state index < -0.39 is 12.6 Å². The zero-order valence-electron chi connectivity index (χ0n) is 16.3. The number of rotatable bonds is 11. The Labute approximate surface area is 159 Å². The lowest BCUT2D eigenvalue weighted by atomic mass is 10.1. The summed E-state index contributed by atoms with van der Waals surface area (Å²) in [4.78, 5) is 4.08. The summed E-state index contributed by atoms with van der Waals surface area (Å²) >= 11 is 0. The largest absolute Gasteiger partial charge is 0.490 e. The van der Waals surface area contributed by atoms with Crippen LogP contribution in [-0.2, 0) is 6.42 Å². The minimum Gasteiger partial charge on any atom is -0.490 e. The van der Waals surface area contributed by atoms with Crippen LogP contribution in [0.2, 0.25) is 0 Å². The minimum absolute atomic E-state index is 0.111. The summed E-state index contributed by atoms with van der Waals surface area (Å²) in [5.74, 6) is 2.04. The molecule has 0 radical (unpaired) electrons. The second kappa shape index (κ2) is 12.3. The van der Waals surface area contributed by atoms with Gasteiger partial charge in [0, 0.05) is 26.6 Å². The van der Waals surface area contributed by atoms with Gasteiger partial charge < -0.3 is 20.1 Å². The van der Waals surface area contributed by atoms with Crippen molar-refractivity contribution in [2.45, 2.75) is 45.7 Å². The van der Waals surface area contributed by atoms with Crippen LogP contribution < -0.4 is 20.1 Å². The Morgan fingerprint density at radius 3 is 2.30 bits per heavy atom. The molecule has 0 saturated heterocycles. The summed E-state index contributed by atoms with van der Waals surface area (Å²) in [5, 5.41) is 6.19. The molecule has 0 atom stereocenters. The summed E-state index contributed by atoms with van der Waals surface area (Å²) in [7, 11) is 1.63. The van der Waals surface area contributed by atoms with Crippen LogP contribution in [0.25, 0.3) is 0 Å². The standard InChI is InChI=1S/C19H30F3N3O2/c1-4-26-16-9-8-15(14-17(16)27-5-2)10-13-25-18(23-3)24-12-7-6-11-19(20,21)22/h8-9,14H,4-7,10-13H2,1-3H3,(H2,23,24,25). The Morgan fingerprint density at radius 1 is 1.00 bits per heavy atom. The topological polar surface area (TPSA) is 54.9 Å². The van der Waals surface area contributed by atoms with Gasteiger partial charge in [0.1, 0.15) is 0 Å². The quantitative estimate of drug-likeness (QED) is 0.342. The molecule has 0 heterocycles. The highest BCUT2D eigenvalue weighted by molar-refractivity contribution is 5.79. The molecular weight excluding hydrogens is 359 g/mol. The predicted octanol–water partition coefficient (Wildman–Crippen LogP) is 3.92. The van der Waals surface area contributed by atoms with Crippen molar-refractivity contribution in [2.75, 3.05) is 33.4 Å². The smallest absolute Gasteiger partial charge is 0.389 e. The first-order valence-electron chi connectivity index (χ1n) is 9.29. The minimum atomic E-state index is -4.09. The zero-order chi connectivity index (χ0) is 20.1. The summed E-state index contributed by atoms with van der Waals surface area (Å²) < 4.78 is 47.5. The fourth-order valence-electron chi connectivity index (χ4n) is 2.45. The van der Waals surface area contributed by atoms with Crippen molar-refractivity contribution in [1.29, 1.82) is 0 Å². The van der Waals surface area contributed by atoms with Crippen LogP contribution in [0.1, 0.15) is 38.7 Å². The highest BCUT2D eigenvalue weighted by Crippen LogP contribution is 2.28. The van der Waals surface area contributed by atoms with Gasteiger partial charge in [0.05, 0.1) is 13.2 Å². The van der Waals surface area contributed by atoms with Crippen LogP contribution in [-0.4, -0.2) is 45.5 Å². The molecule has 0 bridgehead atoms. The SMILES string of the molecule is CCOc1ccc(CCNC(=NC)NCCCCC(F)(F)F)cc1OCC. The van der Waals surface area contributed by atoms with Crippen LogP contribution >= 0.6 is 0 Å². The number of halogens is 3. The Morgan fingerprint density at radius 2 is 1.67 bits per heavy atom. The van der Waals surface area contributed by atoms with Gasteiger partial charge >= 0.3 is 6.18 Å². The van der Waals surface area contributed by atoms with Crippen LogP contribution in [0.5, 0.6) is 11.5 Å². The molecule has 0 spiro atoms. The molecule has 2 N–H and O–H groups in total. The van der Waals surface area contributed by atoms with E-state index in [4.69, 9.17) is 9.47 Å². The molecule has 0 aliphatic heterocycles. The maximum Gasteiger partial charge on any atom is 0.389 e. The van der Waals surface area contributed by atoms with Gasteiger partial charge in [-0.2, -0.15) is 13.2 Å².